The van der Waals surface area contributed by atoms with Crippen molar-refractivity contribution in [2.45, 2.75) is 44.9 Å². The standard InChI is InChI=1S/C25H25N3O6/c1-2-25(32)19-11-21-22-17(13-28(21)23(30)18(19)14-33-24(25)31)16(12-26-34-10-6-5-9-29)15-7-3-4-8-20(15)27-22/h3-4,7-8,11-12,29,32H,2,5-6,9-10,13-14H2,1H3/b26-12+/t25-/m0/s1. The molecule has 1 aromatic carbocycles. The zero-order valence-electron chi connectivity index (χ0n) is 18.8. The normalized spacial score (nSPS) is 18.6. The molecule has 2 aliphatic heterocycles. The number of nitrogens with zero attached hydrogens (tertiary/aromatic N) is 3. The number of benzene rings is 1. The van der Waals surface area contributed by atoms with Gasteiger partial charge in [0, 0.05) is 28.7 Å². The summed E-state index contributed by atoms with van der Waals surface area (Å²) >= 11 is 0. The van der Waals surface area contributed by atoms with Crippen molar-refractivity contribution in [1.82, 2.24) is 9.55 Å². The van der Waals surface area contributed by atoms with Crippen LogP contribution in [0.1, 0.15) is 48.4 Å². The number of oxime groups is 1. The van der Waals surface area contributed by atoms with Gasteiger partial charge in [-0.2, -0.15) is 0 Å². The maximum atomic E-state index is 13.4. The minimum Gasteiger partial charge on any atom is -0.458 e. The van der Waals surface area contributed by atoms with E-state index in [9.17, 15) is 14.7 Å². The number of carbonyl (C=O) groups is 1. The van der Waals surface area contributed by atoms with Gasteiger partial charge in [-0.3, -0.25) is 4.79 Å². The van der Waals surface area contributed by atoms with Crippen LogP contribution in [0.5, 0.6) is 0 Å². The van der Waals surface area contributed by atoms with E-state index in [0.717, 1.165) is 22.0 Å². The van der Waals surface area contributed by atoms with Gasteiger partial charge in [-0.15, -0.1) is 0 Å². The molecule has 2 aromatic heterocycles. The molecule has 9 heteroatoms. The zero-order chi connectivity index (χ0) is 23.9. The number of rotatable bonds is 7. The fraction of sp³-hybridized carbons (Fsp3) is 0.360. The summed E-state index contributed by atoms with van der Waals surface area (Å²) in [5, 5.41) is 24.9. The van der Waals surface area contributed by atoms with Crippen LogP contribution < -0.4 is 5.56 Å². The predicted molar refractivity (Wildman–Crippen MR) is 124 cm³/mol. The van der Waals surface area contributed by atoms with Crippen LogP contribution >= 0.6 is 0 Å². The van der Waals surface area contributed by atoms with Crippen LogP contribution in [0.3, 0.4) is 0 Å². The maximum Gasteiger partial charge on any atom is 0.343 e. The maximum absolute atomic E-state index is 13.4. The number of ether oxygens (including phenoxy) is 1. The number of aliphatic hydroxyl groups excluding tert-OH is 1. The summed E-state index contributed by atoms with van der Waals surface area (Å²) in [5.74, 6) is -0.747. The van der Waals surface area contributed by atoms with E-state index in [2.05, 4.69) is 5.16 Å². The van der Waals surface area contributed by atoms with Gasteiger partial charge in [-0.05, 0) is 31.4 Å². The SMILES string of the molecule is CC[C@@]1(O)C(=O)OCc2c1cc1n(c2=O)Cc2c-1nc1ccccc1c2/C=N/OCCCCO. The number of para-hydroxylation sites is 1. The third-order valence-corrected chi connectivity index (χ3v) is 6.54. The topological polar surface area (TPSA) is 123 Å². The Morgan fingerprint density at radius 3 is 2.88 bits per heavy atom. The van der Waals surface area contributed by atoms with Gasteiger partial charge >= 0.3 is 5.97 Å². The van der Waals surface area contributed by atoms with Gasteiger partial charge in [-0.25, -0.2) is 9.78 Å². The molecule has 2 aliphatic rings. The average molecular weight is 463 g/mol. The summed E-state index contributed by atoms with van der Waals surface area (Å²) in [7, 11) is 0. The van der Waals surface area contributed by atoms with Crippen LogP contribution in [0, 0.1) is 0 Å². The molecule has 1 atom stereocenters. The molecule has 9 nitrogen and oxygen atoms in total. The van der Waals surface area contributed by atoms with Crippen molar-refractivity contribution in [1.29, 1.82) is 0 Å². The number of cyclic esters (lactones) is 1. The number of carbonyl (C=O) groups excluding carboxylic acids is 1. The van der Waals surface area contributed by atoms with E-state index in [-0.39, 0.29) is 42.9 Å². The summed E-state index contributed by atoms with van der Waals surface area (Å²) in [6.45, 7) is 2.28. The molecule has 34 heavy (non-hydrogen) atoms. The van der Waals surface area contributed by atoms with E-state index >= 15 is 0 Å². The predicted octanol–water partition coefficient (Wildman–Crippen LogP) is 2.20. The Bertz CT molecular complexity index is 1380. The van der Waals surface area contributed by atoms with Crippen molar-refractivity contribution in [2.24, 2.45) is 5.16 Å². The van der Waals surface area contributed by atoms with Crippen molar-refractivity contribution < 1.29 is 24.6 Å². The summed E-state index contributed by atoms with van der Waals surface area (Å²) in [4.78, 5) is 36.0. The summed E-state index contributed by atoms with van der Waals surface area (Å²) in [5.41, 5.74) is 1.88. The molecule has 176 valence electrons. The highest BCUT2D eigenvalue weighted by molar-refractivity contribution is 6.02. The fourth-order valence-electron chi connectivity index (χ4n) is 4.63. The second-order valence-electron chi connectivity index (χ2n) is 8.47. The van der Waals surface area contributed by atoms with E-state index in [1.165, 1.54) is 0 Å². The van der Waals surface area contributed by atoms with Crippen molar-refractivity contribution in [2.75, 3.05) is 13.2 Å². The molecular weight excluding hydrogens is 438 g/mol. The molecule has 0 spiro atoms. The first-order valence-electron chi connectivity index (χ1n) is 11.3. The van der Waals surface area contributed by atoms with Crippen LogP contribution in [0.25, 0.3) is 22.3 Å². The van der Waals surface area contributed by atoms with Gasteiger partial charge in [0.1, 0.15) is 13.2 Å². The largest absolute Gasteiger partial charge is 0.458 e. The van der Waals surface area contributed by atoms with Crippen molar-refractivity contribution in [3.05, 3.63) is 62.9 Å². The number of aromatic nitrogens is 2. The Morgan fingerprint density at radius 1 is 1.26 bits per heavy atom. The van der Waals surface area contributed by atoms with Crippen LogP contribution in [-0.2, 0) is 33.1 Å². The molecule has 2 N–H and O–H groups in total. The third kappa shape index (κ3) is 3.39. The van der Waals surface area contributed by atoms with Crippen LogP contribution in [-0.4, -0.2) is 45.2 Å². The molecule has 5 rings (SSSR count). The van der Waals surface area contributed by atoms with Gasteiger partial charge in [0.2, 0.25) is 0 Å². The second-order valence-corrected chi connectivity index (χ2v) is 8.47. The molecule has 3 aromatic rings. The molecule has 0 bridgehead atoms. The van der Waals surface area contributed by atoms with E-state index in [1.54, 1.807) is 23.8 Å². The van der Waals surface area contributed by atoms with E-state index in [4.69, 9.17) is 19.7 Å². The number of unbranched alkanes of at least 4 members (excludes halogenated alkanes) is 1. The lowest BCUT2D eigenvalue weighted by molar-refractivity contribution is -0.172. The lowest BCUT2D eigenvalue weighted by Gasteiger charge is -2.31. The molecule has 0 radical (unpaired) electrons. The number of aliphatic hydroxyl groups is 2. The number of hydrogen-bond acceptors (Lipinski definition) is 8. The van der Waals surface area contributed by atoms with E-state index in [1.807, 2.05) is 24.3 Å². The van der Waals surface area contributed by atoms with Crippen LogP contribution in [0.2, 0.25) is 0 Å². The Labute approximate surface area is 195 Å². The van der Waals surface area contributed by atoms with Crippen LogP contribution in [0.15, 0.2) is 40.3 Å². The molecule has 0 fully saturated rings. The monoisotopic (exact) mass is 463 g/mol. The van der Waals surface area contributed by atoms with Crippen molar-refractivity contribution in [3.8, 4) is 11.4 Å². The van der Waals surface area contributed by atoms with Crippen molar-refractivity contribution >= 4 is 23.1 Å². The second kappa shape index (κ2) is 8.66. The van der Waals surface area contributed by atoms with Crippen molar-refractivity contribution in [3.63, 3.8) is 0 Å². The van der Waals surface area contributed by atoms with Gasteiger partial charge in [-0.1, -0.05) is 30.3 Å². The van der Waals surface area contributed by atoms with E-state index < -0.39 is 11.6 Å². The fourth-order valence-corrected chi connectivity index (χ4v) is 4.63. The molecule has 0 unspecified atom stereocenters. The number of pyridine rings is 2. The Kier molecular flexibility index (Phi) is 5.66. The third-order valence-electron chi connectivity index (χ3n) is 6.54. The molecule has 0 saturated carbocycles. The Balaban J connectivity index is 1.65. The number of hydrogen-bond donors (Lipinski definition) is 2. The smallest absolute Gasteiger partial charge is 0.343 e. The van der Waals surface area contributed by atoms with Crippen LogP contribution in [0.4, 0.5) is 0 Å². The minimum absolute atomic E-state index is 0.0886. The first-order chi connectivity index (χ1) is 16.5. The van der Waals surface area contributed by atoms with Gasteiger partial charge in [0.15, 0.2) is 5.60 Å². The first-order valence-corrected chi connectivity index (χ1v) is 11.3. The van der Waals surface area contributed by atoms with E-state index in [0.29, 0.717) is 30.8 Å². The number of esters is 1. The lowest BCUT2D eigenvalue weighted by Crippen LogP contribution is -2.44. The Morgan fingerprint density at radius 2 is 2.09 bits per heavy atom. The summed E-state index contributed by atoms with van der Waals surface area (Å²) in [6, 6.07) is 9.31. The highest BCUT2D eigenvalue weighted by atomic mass is 16.6. The van der Waals surface area contributed by atoms with Gasteiger partial charge in [0.25, 0.3) is 5.56 Å². The average Bonchev–Trinajstić information content (AvgIpc) is 3.22. The van der Waals surface area contributed by atoms with Gasteiger partial charge < -0.3 is 24.4 Å². The summed E-state index contributed by atoms with van der Waals surface area (Å²) in [6.07, 6.45) is 3.05. The lowest BCUT2D eigenvalue weighted by atomic mass is 9.86. The minimum atomic E-state index is -1.87. The molecule has 0 aliphatic carbocycles. The molecular formula is C25H25N3O6. The number of fused-ring (bicyclic) bond motifs is 5. The zero-order valence-corrected chi connectivity index (χ0v) is 18.8. The molecule has 4 heterocycles. The van der Waals surface area contributed by atoms with Gasteiger partial charge in [0.05, 0.1) is 35.2 Å². The summed E-state index contributed by atoms with van der Waals surface area (Å²) < 4.78 is 6.74. The highest BCUT2D eigenvalue weighted by Gasteiger charge is 2.45. The molecule has 0 saturated heterocycles. The quantitative estimate of drug-likeness (QED) is 0.186. The Hall–Kier alpha value is -3.56. The highest BCUT2D eigenvalue weighted by Crippen LogP contribution is 2.39. The molecule has 0 amide bonds. The first kappa shape index (κ1) is 22.2.